The minimum atomic E-state index is 1.25. The van der Waals surface area contributed by atoms with Gasteiger partial charge in [-0.1, -0.05) is 35.1 Å². The third kappa shape index (κ3) is 745. The molecule has 0 atom stereocenters. The summed E-state index contributed by atoms with van der Waals surface area (Å²) in [6.45, 7) is 11.6. The van der Waals surface area contributed by atoms with Gasteiger partial charge < -0.3 is 0 Å². The highest BCUT2D eigenvalue weighted by molar-refractivity contribution is 4.89. The van der Waals surface area contributed by atoms with Crippen molar-refractivity contribution in [2.75, 3.05) is 0 Å². The molecule has 0 aromatic carbocycles. The van der Waals surface area contributed by atoms with Crippen LogP contribution in [0.25, 0.3) is 0 Å². The Hall–Kier alpha value is -0.440. The van der Waals surface area contributed by atoms with Crippen molar-refractivity contribution in [2.45, 2.75) is 48.9 Å². The second-order valence-electron chi connectivity index (χ2n) is 0.500. The van der Waals surface area contributed by atoms with Gasteiger partial charge in [-0.3, -0.25) is 0 Å². The SMILES string of the molecule is CC.CC.CC#CC.[2H]C. The van der Waals surface area contributed by atoms with Crippen molar-refractivity contribution in [3.05, 3.63) is 0 Å². The van der Waals surface area contributed by atoms with E-state index in [1.54, 1.807) is 0 Å². The predicted molar refractivity (Wildman–Crippen MR) is 48.6 cm³/mol. The summed E-state index contributed by atoms with van der Waals surface area (Å²) in [7, 11) is 1.25. The van der Waals surface area contributed by atoms with Crippen LogP contribution in [0.2, 0.25) is 0 Å². The first-order chi connectivity index (χ1) is 4.91. The monoisotopic (exact) mass is 131 g/mol. The largest absolute Gasteiger partial charge is 0.107 e. The highest BCUT2D eigenvalue weighted by atomic mass is 13.3. The molecule has 0 aliphatic heterocycles. The molecule has 0 rings (SSSR count). The standard InChI is InChI=1S/C4H6.2C2H6.CH4/c1-3-4-2;2*1-2;/h1-2H3;2*1-2H3;1H4/i;;;1D. The highest BCUT2D eigenvalue weighted by Crippen LogP contribution is 1.39. The topological polar surface area (TPSA) is 0 Å². The summed E-state index contributed by atoms with van der Waals surface area (Å²) >= 11 is 0. The second-order valence-corrected chi connectivity index (χ2v) is 0.500. The molecule has 0 unspecified atom stereocenters. The van der Waals surface area contributed by atoms with Crippen molar-refractivity contribution < 1.29 is 1.37 Å². The van der Waals surface area contributed by atoms with Gasteiger partial charge in [0, 0.05) is 1.37 Å². The Morgan fingerprint density at radius 2 is 1.00 bits per heavy atom. The van der Waals surface area contributed by atoms with E-state index >= 15 is 0 Å². The van der Waals surface area contributed by atoms with Crippen LogP contribution in [0.4, 0.5) is 0 Å². The van der Waals surface area contributed by atoms with E-state index in [1.807, 2.05) is 41.5 Å². The van der Waals surface area contributed by atoms with E-state index in [9.17, 15) is 0 Å². The summed E-state index contributed by atoms with van der Waals surface area (Å²) in [6, 6.07) is 0. The Bertz CT molecular complexity index is 41.5. The molecule has 58 valence electrons. The van der Waals surface area contributed by atoms with Gasteiger partial charge in [-0.25, -0.2) is 0 Å². The van der Waals surface area contributed by atoms with Crippen LogP contribution >= 0.6 is 0 Å². The zero-order chi connectivity index (χ0) is 9.41. The van der Waals surface area contributed by atoms with Gasteiger partial charge in [0.2, 0.25) is 0 Å². The first-order valence-corrected chi connectivity index (χ1v) is 3.25. The maximum absolute atomic E-state index is 5.75. The van der Waals surface area contributed by atoms with Gasteiger partial charge in [0.05, 0.1) is 0 Å². The van der Waals surface area contributed by atoms with E-state index in [2.05, 4.69) is 11.8 Å². The van der Waals surface area contributed by atoms with Gasteiger partial charge in [-0.2, -0.15) is 0 Å². The van der Waals surface area contributed by atoms with Gasteiger partial charge in [0.1, 0.15) is 0 Å². The second kappa shape index (κ2) is 134. The molecule has 0 radical (unpaired) electrons. The van der Waals surface area contributed by atoms with Crippen LogP contribution in [0.3, 0.4) is 0 Å². The Labute approximate surface area is 63.1 Å². The van der Waals surface area contributed by atoms with Crippen LogP contribution < -0.4 is 0 Å². The number of hydrogen-bond acceptors (Lipinski definition) is 0. The third-order valence-electron chi connectivity index (χ3n) is 0.250. The van der Waals surface area contributed by atoms with Crippen molar-refractivity contribution in [1.82, 2.24) is 0 Å². The molecule has 0 saturated heterocycles. The molecule has 0 aliphatic rings. The summed E-state index contributed by atoms with van der Waals surface area (Å²) in [4.78, 5) is 0. The van der Waals surface area contributed by atoms with Crippen LogP contribution in [0, 0.1) is 11.8 Å². The zero-order valence-electron chi connectivity index (χ0n) is 9.00. The molecule has 0 spiro atoms. The molecule has 0 bridgehead atoms. The summed E-state index contributed by atoms with van der Waals surface area (Å²) < 4.78 is 5.75. The third-order valence-corrected chi connectivity index (χ3v) is 0.250. The molecule has 0 aliphatic carbocycles. The molecule has 0 heterocycles. The first-order valence-electron chi connectivity index (χ1n) is 4.25. The van der Waals surface area contributed by atoms with Gasteiger partial charge in [-0.15, -0.1) is 11.8 Å². The smallest absolute Gasteiger partial charge is 0.0194 e. The van der Waals surface area contributed by atoms with E-state index in [-0.39, 0.29) is 0 Å². The Kier molecular flexibility index (Phi) is 235. The lowest BCUT2D eigenvalue weighted by Crippen LogP contribution is -1.28. The molecule has 0 fully saturated rings. The molecule has 0 saturated carbocycles. The van der Waals surface area contributed by atoms with Crippen LogP contribution in [0.15, 0.2) is 0 Å². The minimum Gasteiger partial charge on any atom is -0.107 e. The fourth-order valence-corrected chi connectivity index (χ4v) is 0. The lowest BCUT2D eigenvalue weighted by atomic mass is 10.7. The van der Waals surface area contributed by atoms with Crippen molar-refractivity contribution >= 4 is 0 Å². The van der Waals surface area contributed by atoms with Crippen molar-refractivity contribution in [3.8, 4) is 11.8 Å². The van der Waals surface area contributed by atoms with E-state index in [0.29, 0.717) is 0 Å². The zero-order valence-corrected chi connectivity index (χ0v) is 8.00. The molecule has 0 aromatic rings. The number of rotatable bonds is 0. The van der Waals surface area contributed by atoms with E-state index in [1.165, 1.54) is 7.40 Å². The number of hydrogen-bond donors (Lipinski definition) is 0. The maximum Gasteiger partial charge on any atom is 0.0194 e. The molecule has 0 nitrogen and oxygen atoms in total. The van der Waals surface area contributed by atoms with Gasteiger partial charge in [0.25, 0.3) is 0 Å². The van der Waals surface area contributed by atoms with Gasteiger partial charge >= 0.3 is 0 Å². The summed E-state index contributed by atoms with van der Waals surface area (Å²) in [5.41, 5.74) is 0. The normalized spacial score (nSPS) is 3.67. The van der Waals surface area contributed by atoms with E-state index < -0.39 is 0 Å². The van der Waals surface area contributed by atoms with E-state index in [0.717, 1.165) is 0 Å². The van der Waals surface area contributed by atoms with Crippen LogP contribution in [0.1, 0.15) is 50.3 Å². The molecule has 0 amide bonds. The lowest BCUT2D eigenvalue weighted by molar-refractivity contribution is 1.50. The summed E-state index contributed by atoms with van der Waals surface area (Å²) in [5.74, 6) is 5.36. The average Bonchev–Trinajstić information content (AvgIpc) is 2.14. The molecular weight excluding hydrogens is 108 g/mol. The average molecular weight is 131 g/mol. The molecular formula is C9H22. The van der Waals surface area contributed by atoms with E-state index in [4.69, 9.17) is 1.37 Å². The Balaban J connectivity index is -0.0000000262. The van der Waals surface area contributed by atoms with Crippen molar-refractivity contribution in [2.24, 2.45) is 0 Å². The summed E-state index contributed by atoms with van der Waals surface area (Å²) in [5, 5.41) is 0. The molecule has 0 aromatic heterocycles. The maximum atomic E-state index is 5.75. The van der Waals surface area contributed by atoms with Gasteiger partial charge in [0.15, 0.2) is 0 Å². The highest BCUT2D eigenvalue weighted by Gasteiger charge is 1.26. The molecule has 0 N–H and O–H groups in total. The lowest BCUT2D eigenvalue weighted by Gasteiger charge is -1.40. The Morgan fingerprint density at radius 1 is 0.889 bits per heavy atom. The van der Waals surface area contributed by atoms with Crippen LogP contribution in [0.5, 0.6) is 0 Å². The predicted octanol–water partition coefficient (Wildman–Crippen LogP) is 3.72. The molecule has 9 heavy (non-hydrogen) atoms. The summed E-state index contributed by atoms with van der Waals surface area (Å²) in [6.07, 6.45) is 0. The van der Waals surface area contributed by atoms with Gasteiger partial charge in [-0.05, 0) is 13.8 Å². The molecule has 0 heteroatoms. The Morgan fingerprint density at radius 3 is 1.00 bits per heavy atom. The first kappa shape index (κ1) is 15.8. The fourth-order valence-electron chi connectivity index (χ4n) is 0. The van der Waals surface area contributed by atoms with Crippen molar-refractivity contribution in [1.29, 1.82) is 0 Å². The van der Waals surface area contributed by atoms with Crippen LogP contribution in [-0.2, 0) is 0 Å². The fraction of sp³-hybridized carbons (Fsp3) is 0.778. The quantitative estimate of drug-likeness (QED) is 0.439. The minimum absolute atomic E-state index is 1.25. The van der Waals surface area contributed by atoms with Crippen molar-refractivity contribution in [3.63, 3.8) is 0 Å². The van der Waals surface area contributed by atoms with Crippen LogP contribution in [-0.4, -0.2) is 0 Å².